The van der Waals surface area contributed by atoms with E-state index in [-0.39, 0.29) is 30.3 Å². The van der Waals surface area contributed by atoms with Crippen LogP contribution in [0.3, 0.4) is 0 Å². The number of benzene rings is 4. The number of nitrogens with one attached hydrogen (secondary N) is 1. The molecule has 0 spiro atoms. The monoisotopic (exact) mass is 1430 g/mol. The first kappa shape index (κ1) is 74.4. The first-order chi connectivity index (χ1) is 49.6. The number of hydrogen-bond acceptors (Lipinski definition) is 16. The van der Waals surface area contributed by atoms with Gasteiger partial charge in [-0.25, -0.2) is 9.97 Å². The second kappa shape index (κ2) is 34.0. The van der Waals surface area contributed by atoms with E-state index in [1.165, 1.54) is 0 Å². The third kappa shape index (κ3) is 19.7. The fourth-order valence-corrected chi connectivity index (χ4v) is 14.9. The molecule has 103 heavy (non-hydrogen) atoms. The van der Waals surface area contributed by atoms with Gasteiger partial charge < -0.3 is 34.1 Å². The predicted molar refractivity (Wildman–Crippen MR) is 403 cm³/mol. The Morgan fingerprint density at radius 1 is 0.621 bits per heavy atom. The molecule has 1 amide bonds. The standard InChI is InChI=1S/C81H91N9O11S2/c1-80(2)70-53-67(98-5)34-36-72(70)88(45-16-19-48-102(92,93)94)74(80)38-30-61-22-21-23-62(31-39-75-81(3,4)71-54-68(99-6)35-37-73(71)89(75)46-17-20-49-103(95,96)97)78(61)101-66-32-28-63(29-33-66)79(91)86-44-15-18-47-100-69-51-59(55-87(57-64-24-7-11-40-82-64)58-65-25-8-12-41-83-65)50-60(52-69)56-90(76-26-9-13-42-84-76)77-27-10-14-43-85-77/h7-14,22,24-43,50-54,78H,15-21,23,44-49,55-58H2,1-6H3,(H2-,86,91,92,93,94,95,96,97)/p+1/b38-30+,62-31-,75-39-. The van der Waals surface area contributed by atoms with Crippen LogP contribution >= 0.6 is 0 Å². The molecule has 6 heterocycles. The van der Waals surface area contributed by atoms with Crippen LogP contribution in [0.4, 0.5) is 23.0 Å². The molecule has 538 valence electrons. The molecule has 0 radical (unpaired) electrons. The molecule has 4 aromatic heterocycles. The third-order valence-electron chi connectivity index (χ3n) is 19.0. The molecule has 0 saturated heterocycles. The van der Waals surface area contributed by atoms with Crippen molar-refractivity contribution in [3.8, 4) is 23.0 Å². The van der Waals surface area contributed by atoms with Crippen LogP contribution in [0.5, 0.6) is 23.0 Å². The molecule has 11 rings (SSSR count). The zero-order chi connectivity index (χ0) is 72.6. The number of amides is 1. The van der Waals surface area contributed by atoms with Crippen molar-refractivity contribution in [2.24, 2.45) is 0 Å². The summed E-state index contributed by atoms with van der Waals surface area (Å²) in [7, 11) is -4.99. The Hall–Kier alpha value is -9.84. The van der Waals surface area contributed by atoms with E-state index in [4.69, 9.17) is 28.9 Å². The summed E-state index contributed by atoms with van der Waals surface area (Å²) in [5.74, 6) is 3.35. The van der Waals surface area contributed by atoms with Crippen molar-refractivity contribution in [2.45, 2.75) is 122 Å². The highest BCUT2D eigenvalue weighted by Crippen LogP contribution is 2.50. The third-order valence-corrected chi connectivity index (χ3v) is 20.6. The second-order valence-electron chi connectivity index (χ2n) is 27.1. The predicted octanol–water partition coefficient (Wildman–Crippen LogP) is 14.5. The lowest BCUT2D eigenvalue weighted by Crippen LogP contribution is -2.29. The molecule has 3 N–H and O–H groups in total. The van der Waals surface area contributed by atoms with Crippen molar-refractivity contribution >= 4 is 54.9 Å². The zero-order valence-corrected chi connectivity index (χ0v) is 61.0. The lowest BCUT2D eigenvalue weighted by Gasteiger charge is -2.29. The van der Waals surface area contributed by atoms with E-state index in [0.29, 0.717) is 102 Å². The van der Waals surface area contributed by atoms with Crippen LogP contribution in [0.15, 0.2) is 224 Å². The number of ether oxygens (including phenoxy) is 4. The van der Waals surface area contributed by atoms with Crippen molar-refractivity contribution in [3.63, 3.8) is 0 Å². The second-order valence-corrected chi connectivity index (χ2v) is 30.3. The van der Waals surface area contributed by atoms with Crippen molar-refractivity contribution in [1.82, 2.24) is 30.2 Å². The average molecular weight is 1430 g/mol. The Morgan fingerprint density at radius 3 is 1.83 bits per heavy atom. The van der Waals surface area contributed by atoms with Crippen molar-refractivity contribution in [1.29, 1.82) is 0 Å². The van der Waals surface area contributed by atoms with Crippen molar-refractivity contribution in [3.05, 3.63) is 263 Å². The number of unbranched alkanes of at least 4 members (excludes halogenated alkanes) is 3. The van der Waals surface area contributed by atoms with Crippen LogP contribution in [0.25, 0.3) is 0 Å². The van der Waals surface area contributed by atoms with E-state index in [9.17, 15) is 30.7 Å². The van der Waals surface area contributed by atoms with Crippen LogP contribution in [-0.4, -0.2) is 125 Å². The van der Waals surface area contributed by atoms with E-state index >= 15 is 0 Å². The molecule has 22 heteroatoms. The summed E-state index contributed by atoms with van der Waals surface area (Å²) in [5, 5.41) is 3.12. The summed E-state index contributed by atoms with van der Waals surface area (Å²) < 4.78 is 93.7. The first-order valence-electron chi connectivity index (χ1n) is 35.0. The summed E-state index contributed by atoms with van der Waals surface area (Å²) in [6, 6.07) is 49.2. The molecule has 2 aliphatic heterocycles. The zero-order valence-electron chi connectivity index (χ0n) is 59.4. The largest absolute Gasteiger partial charge is 0.497 e. The fraction of sp³-hybridized carbons (Fsp3) is 0.333. The molecule has 0 saturated carbocycles. The molecule has 8 aromatic rings. The molecular formula is C81H92N9O11S2+. The smallest absolute Gasteiger partial charge is 0.264 e. The highest BCUT2D eigenvalue weighted by atomic mass is 32.2. The number of carbonyl (C=O) groups is 1. The number of pyridine rings is 4. The van der Waals surface area contributed by atoms with Gasteiger partial charge in [0.1, 0.15) is 47.3 Å². The summed E-state index contributed by atoms with van der Waals surface area (Å²) in [4.78, 5) is 39.3. The van der Waals surface area contributed by atoms with Gasteiger partial charge in [0.15, 0.2) is 5.71 Å². The van der Waals surface area contributed by atoms with Gasteiger partial charge in [-0.15, -0.1) is 0 Å². The maximum absolute atomic E-state index is 13.9. The average Bonchev–Trinajstić information content (AvgIpc) is 1.60. The Morgan fingerprint density at radius 2 is 1.22 bits per heavy atom. The molecule has 1 aliphatic carbocycles. The molecule has 1 atom stereocenters. The maximum atomic E-state index is 13.9. The lowest BCUT2D eigenvalue weighted by molar-refractivity contribution is -0.438. The van der Waals surface area contributed by atoms with Gasteiger partial charge in [-0.1, -0.05) is 56.3 Å². The van der Waals surface area contributed by atoms with E-state index in [2.05, 4.69) is 111 Å². The van der Waals surface area contributed by atoms with E-state index < -0.39 is 37.2 Å². The van der Waals surface area contributed by atoms with Gasteiger partial charge in [-0.05, 0) is 214 Å². The first-order valence-corrected chi connectivity index (χ1v) is 38.3. The Balaban J connectivity index is 0.812. The number of carbonyl (C=O) groups excluding carboxylic acids is 1. The number of nitrogens with zero attached hydrogens (tertiary/aromatic N) is 8. The van der Waals surface area contributed by atoms with Gasteiger partial charge in [0.05, 0.1) is 55.7 Å². The summed E-state index contributed by atoms with van der Waals surface area (Å²) in [5.41, 5.74) is 11.4. The van der Waals surface area contributed by atoms with Crippen LogP contribution in [-0.2, 0) is 57.2 Å². The van der Waals surface area contributed by atoms with Crippen LogP contribution < -0.4 is 34.1 Å². The maximum Gasteiger partial charge on any atom is 0.264 e. The van der Waals surface area contributed by atoms with E-state index in [0.717, 1.165) is 96.5 Å². The highest BCUT2D eigenvalue weighted by molar-refractivity contribution is 7.86. The van der Waals surface area contributed by atoms with Gasteiger partial charge in [0.25, 0.3) is 26.1 Å². The molecular weight excluding hydrogens is 1340 g/mol. The van der Waals surface area contributed by atoms with Crippen LogP contribution in [0.2, 0.25) is 0 Å². The quantitative estimate of drug-likeness (QED) is 0.0193. The molecule has 1 unspecified atom stereocenters. The van der Waals surface area contributed by atoms with Gasteiger partial charge in [0, 0.05) is 104 Å². The minimum Gasteiger partial charge on any atom is -0.497 e. The summed E-state index contributed by atoms with van der Waals surface area (Å²) in [6.45, 7) is 12.8. The van der Waals surface area contributed by atoms with Gasteiger partial charge in [0.2, 0.25) is 5.69 Å². The lowest BCUT2D eigenvalue weighted by atomic mass is 9.80. The van der Waals surface area contributed by atoms with Gasteiger partial charge in [-0.2, -0.15) is 21.4 Å². The fourth-order valence-electron chi connectivity index (χ4n) is 13.7. The Kier molecular flexibility index (Phi) is 24.5. The summed E-state index contributed by atoms with van der Waals surface area (Å²) >= 11 is 0. The van der Waals surface area contributed by atoms with Crippen LogP contribution in [0.1, 0.15) is 123 Å². The van der Waals surface area contributed by atoms with E-state index in [1.807, 2.05) is 134 Å². The normalized spacial score (nSPS) is 16.3. The molecule has 4 aromatic carbocycles. The molecule has 0 fully saturated rings. The van der Waals surface area contributed by atoms with E-state index in [1.54, 1.807) is 38.7 Å². The Labute approximate surface area is 605 Å². The number of methoxy groups -OCH3 is 2. The number of aromatic nitrogens is 4. The summed E-state index contributed by atoms with van der Waals surface area (Å²) in [6.07, 6.45) is 21.6. The number of fused-ring (bicyclic) bond motifs is 2. The van der Waals surface area contributed by atoms with Crippen molar-refractivity contribution in [2.75, 3.05) is 61.8 Å². The topological polar surface area (TPSA) is 239 Å². The number of allylic oxidation sites excluding steroid dienone is 5. The number of anilines is 3. The molecule has 0 bridgehead atoms. The SMILES string of the molecule is COc1ccc2c(c1)C(C)(C)C(/C=C/C1=CCC/C(=C/C=C3\N(CCCCS(=O)(=O)O)c4ccc(OC)cc4C3(C)C)C1Oc1ccc(C(=O)NCCCCOc3cc(CN(Cc4ccccn4)Cc4ccccn4)cc(CN(c4ccccn4)c4ccccn4)c3)cc1)=[N+]2CCCCS(=O)(=O)O. The molecule has 3 aliphatic rings. The Bertz CT molecular complexity index is 4550. The van der Waals surface area contributed by atoms with Crippen molar-refractivity contribution < 1.29 is 54.3 Å². The number of hydrogen-bond donors (Lipinski definition) is 3. The van der Waals surface area contributed by atoms with Gasteiger partial charge in [-0.3, -0.25) is 28.8 Å². The number of rotatable bonds is 34. The van der Waals surface area contributed by atoms with Crippen LogP contribution in [0, 0.1) is 0 Å². The highest BCUT2D eigenvalue weighted by Gasteiger charge is 2.45. The molecule has 20 nitrogen and oxygen atoms in total. The minimum absolute atomic E-state index is 0.220. The van der Waals surface area contributed by atoms with Gasteiger partial charge >= 0.3 is 0 Å². The minimum atomic E-state index is -4.14.